The number of amides is 1. The number of primary amides is 1. The first kappa shape index (κ1) is 12.1. The van der Waals surface area contributed by atoms with Crippen LogP contribution < -0.4 is 10.4 Å². The molecule has 0 aromatic heterocycles. The first-order valence-corrected chi connectivity index (χ1v) is 4.30. The summed E-state index contributed by atoms with van der Waals surface area (Å²) in [4.78, 5) is 19.8. The van der Waals surface area contributed by atoms with Gasteiger partial charge in [-0.2, -0.15) is 0 Å². The molecule has 13 heavy (non-hydrogen) atoms. The van der Waals surface area contributed by atoms with Gasteiger partial charge in [0, 0.05) is 5.97 Å². The zero-order valence-electron chi connectivity index (χ0n) is 7.75. The average Bonchev–Trinajstić information content (AvgIpc) is 2.06. The number of rotatable bonds is 2. The standard InChI is InChI=1S/C4H7NO2.C4H8O2/c6-4-3-7-2-1-5-4;1-2-3-4(5)6/h1-3H2,(H,5,6);2-3H2,1H3,(H,5,6). The number of hydrogen-bond acceptors (Lipinski definition) is 4. The highest BCUT2D eigenvalue weighted by Crippen LogP contribution is 1.79. The molecule has 1 amide bonds. The molecular weight excluding hydrogens is 174 g/mol. The summed E-state index contributed by atoms with van der Waals surface area (Å²) in [6.45, 7) is 3.60. The van der Waals surface area contributed by atoms with E-state index in [9.17, 15) is 14.7 Å². The van der Waals surface area contributed by atoms with Crippen molar-refractivity contribution in [2.75, 3.05) is 19.8 Å². The van der Waals surface area contributed by atoms with E-state index in [1.54, 1.807) is 12.2 Å². The van der Waals surface area contributed by atoms with Gasteiger partial charge in [-0.15, -0.1) is 0 Å². The molecule has 0 atom stereocenters. The first-order chi connectivity index (χ1) is 6.16. The van der Waals surface area contributed by atoms with Crippen LogP contribution in [0, 0.1) is 0 Å². The van der Waals surface area contributed by atoms with Gasteiger partial charge in [0.15, 0.2) is 6.61 Å². The van der Waals surface area contributed by atoms with Gasteiger partial charge in [0.2, 0.25) is 0 Å². The number of ether oxygens (including phenoxy) is 1. The number of quaternary nitrogens is 1. The highest BCUT2D eigenvalue weighted by Gasteiger charge is 2.09. The van der Waals surface area contributed by atoms with Crippen LogP contribution in [0.25, 0.3) is 0 Å². The summed E-state index contributed by atoms with van der Waals surface area (Å²) in [6, 6.07) is 0. The Balaban J connectivity index is 0.000000226. The molecule has 0 aliphatic carbocycles. The van der Waals surface area contributed by atoms with Crippen LogP contribution in [0.15, 0.2) is 0 Å². The summed E-state index contributed by atoms with van der Waals surface area (Å²) in [6.07, 6.45) is 0.850. The fourth-order valence-corrected chi connectivity index (χ4v) is 0.739. The number of morpholine rings is 1. The van der Waals surface area contributed by atoms with Gasteiger partial charge in [0.05, 0.1) is 6.61 Å². The number of carbonyl (C=O) groups is 2. The summed E-state index contributed by atoms with van der Waals surface area (Å²) in [7, 11) is 0. The number of carbonyl (C=O) groups excluding carboxylic acids is 2. The molecule has 1 fully saturated rings. The maximum Gasteiger partial charge on any atom is 0.336 e. The SMILES string of the molecule is CCCC(=O)[O-].O=C1COCC[NH2+]1. The Labute approximate surface area is 77.1 Å². The summed E-state index contributed by atoms with van der Waals surface area (Å²) >= 11 is 0. The molecule has 1 rings (SSSR count). The fourth-order valence-electron chi connectivity index (χ4n) is 0.739. The lowest BCUT2D eigenvalue weighted by Gasteiger charge is -2.05. The average molecular weight is 189 g/mol. The Morgan fingerprint density at radius 2 is 2.38 bits per heavy atom. The second-order valence-electron chi connectivity index (χ2n) is 2.63. The molecule has 1 heterocycles. The Morgan fingerprint density at radius 3 is 2.54 bits per heavy atom. The van der Waals surface area contributed by atoms with Gasteiger partial charge in [-0.1, -0.05) is 13.3 Å². The second-order valence-corrected chi connectivity index (χ2v) is 2.63. The van der Waals surface area contributed by atoms with Gasteiger partial charge in [0.25, 0.3) is 0 Å². The molecule has 2 N–H and O–H groups in total. The summed E-state index contributed by atoms with van der Waals surface area (Å²) in [5.74, 6) is -0.844. The highest BCUT2D eigenvalue weighted by atomic mass is 16.5. The monoisotopic (exact) mass is 189 g/mol. The Bertz CT molecular complexity index is 162. The molecule has 0 aromatic carbocycles. The molecule has 1 saturated heterocycles. The maximum absolute atomic E-state index is 10.3. The Morgan fingerprint density at radius 1 is 1.69 bits per heavy atom. The van der Waals surface area contributed by atoms with E-state index in [4.69, 9.17) is 4.74 Å². The van der Waals surface area contributed by atoms with Crippen LogP contribution in [0.2, 0.25) is 0 Å². The van der Waals surface area contributed by atoms with Crippen LogP contribution in [0.5, 0.6) is 0 Å². The van der Waals surface area contributed by atoms with Crippen LogP contribution in [0.1, 0.15) is 19.8 Å². The van der Waals surface area contributed by atoms with Crippen LogP contribution in [-0.4, -0.2) is 31.6 Å². The van der Waals surface area contributed by atoms with Crippen LogP contribution >= 0.6 is 0 Å². The minimum atomic E-state index is -0.961. The van der Waals surface area contributed by atoms with Gasteiger partial charge < -0.3 is 14.6 Å². The molecule has 1 aliphatic rings. The van der Waals surface area contributed by atoms with Crippen molar-refractivity contribution in [2.24, 2.45) is 0 Å². The summed E-state index contributed by atoms with van der Waals surface area (Å²) in [5.41, 5.74) is 0. The molecule has 0 radical (unpaired) electrons. The van der Waals surface area contributed by atoms with Gasteiger partial charge in [-0.05, 0) is 6.42 Å². The van der Waals surface area contributed by atoms with E-state index in [2.05, 4.69) is 0 Å². The van der Waals surface area contributed by atoms with Crippen molar-refractivity contribution in [2.45, 2.75) is 19.8 Å². The van der Waals surface area contributed by atoms with E-state index in [0.717, 1.165) is 6.54 Å². The number of carboxylic acids is 1. The first-order valence-electron chi connectivity index (χ1n) is 4.30. The summed E-state index contributed by atoms with van der Waals surface area (Å²) < 4.78 is 4.80. The van der Waals surface area contributed by atoms with Crippen molar-refractivity contribution in [1.29, 1.82) is 0 Å². The molecule has 0 unspecified atom stereocenters. The smallest absolute Gasteiger partial charge is 0.336 e. The van der Waals surface area contributed by atoms with Crippen LogP contribution in [0.3, 0.4) is 0 Å². The summed E-state index contributed by atoms with van der Waals surface area (Å²) in [5, 5.41) is 11.2. The third-order valence-electron chi connectivity index (χ3n) is 1.33. The molecular formula is C8H15NO4. The molecule has 5 heteroatoms. The molecule has 0 spiro atoms. The largest absolute Gasteiger partial charge is 0.550 e. The fraction of sp³-hybridized carbons (Fsp3) is 0.750. The third-order valence-corrected chi connectivity index (χ3v) is 1.33. The predicted molar refractivity (Wildman–Crippen MR) is 42.5 cm³/mol. The number of aliphatic carboxylic acids is 1. The van der Waals surface area contributed by atoms with E-state index < -0.39 is 5.97 Å². The van der Waals surface area contributed by atoms with Crippen molar-refractivity contribution in [1.82, 2.24) is 0 Å². The van der Waals surface area contributed by atoms with Gasteiger partial charge in [-0.3, -0.25) is 5.32 Å². The Kier molecular flexibility index (Phi) is 7.14. The van der Waals surface area contributed by atoms with E-state index in [1.807, 2.05) is 0 Å². The molecule has 0 aromatic rings. The van der Waals surface area contributed by atoms with Gasteiger partial charge >= 0.3 is 5.91 Å². The van der Waals surface area contributed by atoms with E-state index in [0.29, 0.717) is 19.6 Å². The normalized spacial score (nSPS) is 15.9. The molecule has 0 saturated carbocycles. The molecule has 5 nitrogen and oxygen atoms in total. The van der Waals surface area contributed by atoms with Crippen LogP contribution in [0.4, 0.5) is 0 Å². The Hall–Kier alpha value is -0.940. The van der Waals surface area contributed by atoms with E-state index in [-0.39, 0.29) is 12.3 Å². The van der Waals surface area contributed by atoms with Crippen molar-refractivity contribution in [3.63, 3.8) is 0 Å². The zero-order chi connectivity index (χ0) is 10.1. The second kappa shape index (κ2) is 7.70. The zero-order valence-corrected chi connectivity index (χ0v) is 7.75. The number of nitrogens with two attached hydrogens (primary N) is 1. The van der Waals surface area contributed by atoms with Crippen molar-refractivity contribution < 1.29 is 24.7 Å². The topological polar surface area (TPSA) is 83.0 Å². The lowest BCUT2D eigenvalue weighted by Crippen LogP contribution is -2.91. The lowest BCUT2D eigenvalue weighted by atomic mass is 10.4. The molecule has 76 valence electrons. The molecule has 1 aliphatic heterocycles. The highest BCUT2D eigenvalue weighted by molar-refractivity contribution is 5.66. The van der Waals surface area contributed by atoms with Gasteiger partial charge in [0.1, 0.15) is 6.54 Å². The van der Waals surface area contributed by atoms with E-state index in [1.165, 1.54) is 0 Å². The quantitative estimate of drug-likeness (QED) is 0.527. The minimum absolute atomic E-state index is 0.117. The maximum atomic E-state index is 10.3. The third kappa shape index (κ3) is 8.97. The van der Waals surface area contributed by atoms with Crippen molar-refractivity contribution in [3.05, 3.63) is 0 Å². The molecule has 0 bridgehead atoms. The number of carboxylic acid groups (broad SMARTS) is 1. The van der Waals surface area contributed by atoms with Crippen molar-refractivity contribution in [3.8, 4) is 0 Å². The number of hydrogen-bond donors (Lipinski definition) is 1. The van der Waals surface area contributed by atoms with Gasteiger partial charge in [-0.25, -0.2) is 4.79 Å². The van der Waals surface area contributed by atoms with E-state index >= 15 is 0 Å². The lowest BCUT2D eigenvalue weighted by molar-refractivity contribution is -0.582. The van der Waals surface area contributed by atoms with Crippen LogP contribution in [-0.2, 0) is 14.3 Å². The predicted octanol–water partition coefficient (Wildman–Crippen LogP) is -2.36. The minimum Gasteiger partial charge on any atom is -0.550 e. The van der Waals surface area contributed by atoms with Crippen molar-refractivity contribution >= 4 is 11.9 Å².